The highest BCUT2D eigenvalue weighted by atomic mass is 79.9. The Bertz CT molecular complexity index is 784. The monoisotopic (exact) mass is 365 g/mol. The lowest BCUT2D eigenvalue weighted by Gasteiger charge is -2.08. The van der Waals surface area contributed by atoms with Gasteiger partial charge in [-0.2, -0.15) is 0 Å². The summed E-state index contributed by atoms with van der Waals surface area (Å²) in [5.41, 5.74) is 0.645. The first-order chi connectivity index (χ1) is 10.4. The van der Waals surface area contributed by atoms with Crippen LogP contribution in [0.3, 0.4) is 0 Å². The number of carbonyl (C=O) groups excluding carboxylic acids is 1. The van der Waals surface area contributed by atoms with Crippen LogP contribution in [0.4, 0.5) is 11.4 Å². The van der Waals surface area contributed by atoms with Crippen molar-refractivity contribution in [1.82, 2.24) is 4.57 Å². The Morgan fingerprint density at radius 2 is 2.00 bits per heavy atom. The predicted molar refractivity (Wildman–Crippen MR) is 84.9 cm³/mol. The molecule has 0 aliphatic heterocycles. The van der Waals surface area contributed by atoms with Crippen LogP contribution in [0.5, 0.6) is 0 Å². The first-order valence-corrected chi connectivity index (χ1v) is 7.07. The van der Waals surface area contributed by atoms with Gasteiger partial charge in [0.05, 0.1) is 4.92 Å². The van der Waals surface area contributed by atoms with Gasteiger partial charge in [-0.25, -0.2) is 0 Å². The number of amides is 1. The standard InChI is InChI=1S/C14H12BrN3O4/c1-9-6-10(15)7-17(14(9)20)8-13(19)16-11-2-4-12(5-3-11)18(21)22/h2-7H,8H2,1H3,(H,16,19). The quantitative estimate of drug-likeness (QED) is 0.664. The van der Waals surface area contributed by atoms with E-state index in [1.165, 1.54) is 35.0 Å². The maximum absolute atomic E-state index is 12.0. The van der Waals surface area contributed by atoms with Gasteiger partial charge in [-0.05, 0) is 41.1 Å². The van der Waals surface area contributed by atoms with E-state index in [1.807, 2.05) is 0 Å². The molecule has 0 unspecified atom stereocenters. The molecule has 1 aromatic heterocycles. The molecule has 0 saturated carbocycles. The van der Waals surface area contributed by atoms with Crippen LogP contribution in [0.25, 0.3) is 0 Å². The topological polar surface area (TPSA) is 94.2 Å². The summed E-state index contributed by atoms with van der Waals surface area (Å²) in [6.45, 7) is 1.52. The Morgan fingerprint density at radius 1 is 1.36 bits per heavy atom. The van der Waals surface area contributed by atoms with Crippen molar-refractivity contribution in [3.05, 3.63) is 67.0 Å². The van der Waals surface area contributed by atoms with Crippen LogP contribution in [0.2, 0.25) is 0 Å². The van der Waals surface area contributed by atoms with Gasteiger partial charge >= 0.3 is 0 Å². The van der Waals surface area contributed by atoms with Crippen molar-refractivity contribution in [2.45, 2.75) is 13.5 Å². The third-order valence-electron chi connectivity index (χ3n) is 2.91. The van der Waals surface area contributed by atoms with E-state index < -0.39 is 10.8 Å². The summed E-state index contributed by atoms with van der Waals surface area (Å²) in [6.07, 6.45) is 1.53. The lowest BCUT2D eigenvalue weighted by molar-refractivity contribution is -0.384. The zero-order chi connectivity index (χ0) is 16.3. The van der Waals surface area contributed by atoms with Gasteiger partial charge in [0.25, 0.3) is 11.2 Å². The van der Waals surface area contributed by atoms with Gasteiger partial charge in [-0.1, -0.05) is 0 Å². The second kappa shape index (κ2) is 6.52. The first kappa shape index (κ1) is 15.9. The second-order valence-corrected chi connectivity index (χ2v) is 5.54. The maximum Gasteiger partial charge on any atom is 0.269 e. The van der Waals surface area contributed by atoms with Crippen molar-refractivity contribution in [3.63, 3.8) is 0 Å². The molecule has 22 heavy (non-hydrogen) atoms. The van der Waals surface area contributed by atoms with Crippen molar-refractivity contribution in [2.75, 3.05) is 5.32 Å². The number of hydrogen-bond acceptors (Lipinski definition) is 4. The van der Waals surface area contributed by atoms with E-state index in [0.717, 1.165) is 0 Å². The number of aromatic nitrogens is 1. The van der Waals surface area contributed by atoms with E-state index in [2.05, 4.69) is 21.2 Å². The predicted octanol–water partition coefficient (Wildman–Crippen LogP) is 2.47. The molecule has 1 amide bonds. The molecule has 1 aromatic carbocycles. The fourth-order valence-corrected chi connectivity index (χ4v) is 2.47. The lowest BCUT2D eigenvalue weighted by atomic mass is 10.3. The van der Waals surface area contributed by atoms with Crippen LogP contribution in [0.1, 0.15) is 5.56 Å². The van der Waals surface area contributed by atoms with Gasteiger partial charge in [0.15, 0.2) is 0 Å². The van der Waals surface area contributed by atoms with Crippen LogP contribution < -0.4 is 10.9 Å². The van der Waals surface area contributed by atoms with Crippen molar-refractivity contribution in [1.29, 1.82) is 0 Å². The molecule has 0 radical (unpaired) electrons. The molecule has 0 aliphatic rings. The van der Waals surface area contributed by atoms with Gasteiger partial charge in [0.2, 0.25) is 5.91 Å². The summed E-state index contributed by atoms with van der Waals surface area (Å²) in [6, 6.07) is 7.14. The van der Waals surface area contributed by atoms with Gasteiger partial charge in [0.1, 0.15) is 6.54 Å². The van der Waals surface area contributed by atoms with Crippen LogP contribution in [-0.4, -0.2) is 15.4 Å². The van der Waals surface area contributed by atoms with Crippen molar-refractivity contribution in [3.8, 4) is 0 Å². The molecule has 0 fully saturated rings. The number of halogens is 1. The number of nitro benzene ring substituents is 1. The third kappa shape index (κ3) is 3.79. The van der Waals surface area contributed by atoms with E-state index in [-0.39, 0.29) is 17.8 Å². The Morgan fingerprint density at radius 3 is 2.59 bits per heavy atom. The fraction of sp³-hybridized carbons (Fsp3) is 0.143. The zero-order valence-corrected chi connectivity index (χ0v) is 13.2. The number of carbonyl (C=O) groups is 1. The maximum atomic E-state index is 12.0. The summed E-state index contributed by atoms with van der Waals surface area (Å²) in [5.74, 6) is -0.395. The summed E-state index contributed by atoms with van der Waals surface area (Å²) in [4.78, 5) is 33.9. The molecule has 2 rings (SSSR count). The highest BCUT2D eigenvalue weighted by Crippen LogP contribution is 2.15. The summed E-state index contributed by atoms with van der Waals surface area (Å²) < 4.78 is 1.99. The van der Waals surface area contributed by atoms with Crippen molar-refractivity contribution in [2.24, 2.45) is 0 Å². The van der Waals surface area contributed by atoms with Crippen LogP contribution in [0, 0.1) is 17.0 Å². The van der Waals surface area contributed by atoms with Gasteiger partial charge in [-0.15, -0.1) is 0 Å². The SMILES string of the molecule is Cc1cc(Br)cn(CC(=O)Nc2ccc([N+](=O)[O-])cc2)c1=O. The van der Waals surface area contributed by atoms with Gasteiger partial charge in [-0.3, -0.25) is 19.7 Å². The molecule has 1 N–H and O–H groups in total. The molecule has 0 bridgehead atoms. The van der Waals surface area contributed by atoms with E-state index in [1.54, 1.807) is 13.0 Å². The number of pyridine rings is 1. The molecule has 0 spiro atoms. The van der Waals surface area contributed by atoms with E-state index in [0.29, 0.717) is 15.7 Å². The van der Waals surface area contributed by atoms with Crippen molar-refractivity contribution >= 4 is 33.2 Å². The molecular weight excluding hydrogens is 354 g/mol. The van der Waals surface area contributed by atoms with E-state index in [4.69, 9.17) is 0 Å². The van der Waals surface area contributed by atoms with Crippen molar-refractivity contribution < 1.29 is 9.72 Å². The molecule has 0 atom stereocenters. The molecular formula is C14H12BrN3O4. The van der Waals surface area contributed by atoms with Crippen LogP contribution in [0.15, 0.2) is 45.8 Å². The lowest BCUT2D eigenvalue weighted by Crippen LogP contribution is -2.28. The number of anilines is 1. The smallest absolute Gasteiger partial charge is 0.269 e. The Balaban J connectivity index is 2.10. The minimum absolute atomic E-state index is 0.0585. The minimum Gasteiger partial charge on any atom is -0.325 e. The Labute approximate surface area is 133 Å². The van der Waals surface area contributed by atoms with E-state index in [9.17, 15) is 19.7 Å². The number of non-ortho nitro benzene ring substituents is 1. The van der Waals surface area contributed by atoms with Crippen LogP contribution in [-0.2, 0) is 11.3 Å². The number of hydrogen-bond donors (Lipinski definition) is 1. The molecule has 114 valence electrons. The number of nitro groups is 1. The second-order valence-electron chi connectivity index (χ2n) is 4.63. The average molecular weight is 366 g/mol. The normalized spacial score (nSPS) is 10.3. The third-order valence-corrected chi connectivity index (χ3v) is 3.34. The molecule has 0 aliphatic carbocycles. The van der Waals surface area contributed by atoms with E-state index >= 15 is 0 Å². The number of nitrogens with one attached hydrogen (secondary N) is 1. The largest absolute Gasteiger partial charge is 0.325 e. The van der Waals surface area contributed by atoms with Crippen LogP contribution >= 0.6 is 15.9 Å². The van der Waals surface area contributed by atoms with Gasteiger partial charge < -0.3 is 9.88 Å². The molecule has 7 nitrogen and oxygen atoms in total. The number of aryl methyl sites for hydroxylation is 1. The summed E-state index contributed by atoms with van der Waals surface area (Å²) >= 11 is 3.27. The Kier molecular flexibility index (Phi) is 4.71. The number of benzene rings is 1. The first-order valence-electron chi connectivity index (χ1n) is 6.27. The summed E-state index contributed by atoms with van der Waals surface area (Å²) in [5, 5.41) is 13.1. The minimum atomic E-state index is -0.518. The number of nitrogens with zero attached hydrogens (tertiary/aromatic N) is 2. The van der Waals surface area contributed by atoms with Gasteiger partial charge in [0, 0.05) is 34.1 Å². The highest BCUT2D eigenvalue weighted by Gasteiger charge is 2.09. The fourth-order valence-electron chi connectivity index (χ4n) is 1.88. The molecule has 0 saturated heterocycles. The summed E-state index contributed by atoms with van der Waals surface area (Å²) in [7, 11) is 0. The highest BCUT2D eigenvalue weighted by molar-refractivity contribution is 9.10. The Hall–Kier alpha value is -2.48. The zero-order valence-electron chi connectivity index (χ0n) is 11.6. The average Bonchev–Trinajstić information content (AvgIpc) is 2.44. The molecule has 8 heteroatoms. The number of rotatable bonds is 4. The molecule has 2 aromatic rings. The molecule has 1 heterocycles.